The summed E-state index contributed by atoms with van der Waals surface area (Å²) in [5.74, 6) is 0. The lowest BCUT2D eigenvalue weighted by atomic mass is 10.1. The Kier molecular flexibility index (Phi) is 4.49. The third-order valence-electron chi connectivity index (χ3n) is 1.46. The summed E-state index contributed by atoms with van der Waals surface area (Å²) >= 11 is 0. The van der Waals surface area contributed by atoms with Crippen molar-refractivity contribution in [2.24, 2.45) is 0 Å². The van der Waals surface area contributed by atoms with E-state index < -0.39 is 18.5 Å². The Hall–Kier alpha value is -0.350. The molecule has 0 aliphatic heterocycles. The van der Waals surface area contributed by atoms with E-state index in [1.54, 1.807) is 6.92 Å². The van der Waals surface area contributed by atoms with Gasteiger partial charge in [0.1, 0.15) is 6.17 Å². The maximum Gasteiger partial charge on any atom is 0.422 e. The average molecular weight is 190 g/mol. The molecule has 0 radical (unpaired) electrons. The molecule has 1 unspecified atom stereocenters. The van der Waals surface area contributed by atoms with Crippen LogP contribution in [0.4, 0.5) is 22.0 Å². The van der Waals surface area contributed by atoms with Crippen LogP contribution in [0.3, 0.4) is 0 Å². The van der Waals surface area contributed by atoms with Gasteiger partial charge in [-0.1, -0.05) is 19.8 Å². The Balaban J connectivity index is 3.84. The highest BCUT2D eigenvalue weighted by molar-refractivity contribution is 4.75. The second kappa shape index (κ2) is 4.62. The molecule has 0 aliphatic carbocycles. The summed E-state index contributed by atoms with van der Waals surface area (Å²) in [6.45, 7) is 1.70. The SMILES string of the molecule is CCCCC(F)[C@H](F)C(F)(F)F. The lowest BCUT2D eigenvalue weighted by Crippen LogP contribution is -2.33. The van der Waals surface area contributed by atoms with Crippen molar-refractivity contribution in [2.45, 2.75) is 44.7 Å². The lowest BCUT2D eigenvalue weighted by Gasteiger charge is -2.15. The molecule has 0 fully saturated rings. The van der Waals surface area contributed by atoms with Crippen LogP contribution in [-0.4, -0.2) is 18.5 Å². The predicted molar refractivity (Wildman–Crippen MR) is 35.4 cm³/mol. The first-order valence-electron chi connectivity index (χ1n) is 3.74. The zero-order valence-corrected chi connectivity index (χ0v) is 6.67. The molecule has 0 spiro atoms. The Morgan fingerprint density at radius 1 is 1.17 bits per heavy atom. The highest BCUT2D eigenvalue weighted by atomic mass is 19.4. The van der Waals surface area contributed by atoms with Crippen molar-refractivity contribution in [1.29, 1.82) is 0 Å². The second-order valence-corrected chi connectivity index (χ2v) is 2.60. The third kappa shape index (κ3) is 3.88. The molecule has 0 bridgehead atoms. The smallest absolute Gasteiger partial charge is 0.244 e. The van der Waals surface area contributed by atoms with Crippen LogP contribution in [0.25, 0.3) is 0 Å². The molecule has 5 heteroatoms. The molecule has 0 aromatic carbocycles. The minimum Gasteiger partial charge on any atom is -0.244 e. The molecule has 0 aromatic heterocycles. The first-order chi connectivity index (χ1) is 5.39. The molecule has 0 aliphatic rings. The summed E-state index contributed by atoms with van der Waals surface area (Å²) < 4.78 is 59.0. The molecular weight excluding hydrogens is 179 g/mol. The number of rotatable bonds is 4. The summed E-state index contributed by atoms with van der Waals surface area (Å²) in [4.78, 5) is 0. The molecule has 0 aromatic rings. The number of unbranched alkanes of at least 4 members (excludes halogenated alkanes) is 1. The van der Waals surface area contributed by atoms with E-state index in [0.29, 0.717) is 6.42 Å². The van der Waals surface area contributed by atoms with Gasteiger partial charge in [-0.05, 0) is 6.42 Å². The fraction of sp³-hybridized carbons (Fsp3) is 1.00. The standard InChI is InChI=1S/C7H11F5/c1-2-3-4-5(8)6(9)7(10,11)12/h5-6H,2-4H2,1H3/t5?,6-/m0/s1. The fourth-order valence-electron chi connectivity index (χ4n) is 0.751. The van der Waals surface area contributed by atoms with E-state index in [1.807, 2.05) is 0 Å². The van der Waals surface area contributed by atoms with Crippen molar-refractivity contribution in [3.05, 3.63) is 0 Å². The quantitative estimate of drug-likeness (QED) is 0.596. The van der Waals surface area contributed by atoms with E-state index >= 15 is 0 Å². The zero-order chi connectivity index (χ0) is 9.78. The number of alkyl halides is 5. The average Bonchev–Trinajstić information content (AvgIpc) is 1.97. The van der Waals surface area contributed by atoms with Crippen LogP contribution >= 0.6 is 0 Å². The van der Waals surface area contributed by atoms with Crippen LogP contribution in [0.2, 0.25) is 0 Å². The van der Waals surface area contributed by atoms with Crippen LogP contribution in [0.5, 0.6) is 0 Å². The van der Waals surface area contributed by atoms with Crippen molar-refractivity contribution in [2.75, 3.05) is 0 Å². The highest BCUT2D eigenvalue weighted by Crippen LogP contribution is 2.28. The molecule has 0 heterocycles. The van der Waals surface area contributed by atoms with E-state index in [2.05, 4.69) is 0 Å². The number of halogens is 5. The Labute approximate surface area is 67.8 Å². The summed E-state index contributed by atoms with van der Waals surface area (Å²) in [6, 6.07) is 0. The van der Waals surface area contributed by atoms with Gasteiger partial charge in [0.25, 0.3) is 0 Å². The van der Waals surface area contributed by atoms with Crippen LogP contribution in [0.1, 0.15) is 26.2 Å². The number of hydrogen-bond acceptors (Lipinski definition) is 0. The van der Waals surface area contributed by atoms with Gasteiger partial charge in [-0.15, -0.1) is 0 Å². The Morgan fingerprint density at radius 3 is 2.00 bits per heavy atom. The van der Waals surface area contributed by atoms with Gasteiger partial charge in [0.15, 0.2) is 0 Å². The fourth-order valence-corrected chi connectivity index (χ4v) is 0.751. The van der Waals surface area contributed by atoms with Crippen molar-refractivity contribution in [1.82, 2.24) is 0 Å². The molecule has 12 heavy (non-hydrogen) atoms. The van der Waals surface area contributed by atoms with Crippen molar-refractivity contribution >= 4 is 0 Å². The van der Waals surface area contributed by atoms with E-state index in [4.69, 9.17) is 0 Å². The van der Waals surface area contributed by atoms with Gasteiger partial charge in [0.05, 0.1) is 0 Å². The summed E-state index contributed by atoms with van der Waals surface area (Å²) in [5.41, 5.74) is 0. The largest absolute Gasteiger partial charge is 0.422 e. The predicted octanol–water partition coefficient (Wildman–Crippen LogP) is 3.42. The molecular formula is C7H11F5. The van der Waals surface area contributed by atoms with Gasteiger partial charge in [-0.25, -0.2) is 8.78 Å². The van der Waals surface area contributed by atoms with Crippen LogP contribution < -0.4 is 0 Å². The molecule has 0 saturated heterocycles. The molecule has 0 saturated carbocycles. The molecule has 2 atom stereocenters. The number of hydrogen-bond donors (Lipinski definition) is 0. The topological polar surface area (TPSA) is 0 Å². The van der Waals surface area contributed by atoms with Crippen molar-refractivity contribution < 1.29 is 22.0 Å². The molecule has 0 nitrogen and oxygen atoms in total. The van der Waals surface area contributed by atoms with Crippen molar-refractivity contribution in [3.63, 3.8) is 0 Å². The normalized spacial score (nSPS) is 17.5. The maximum absolute atomic E-state index is 12.4. The lowest BCUT2D eigenvalue weighted by molar-refractivity contribution is -0.196. The zero-order valence-electron chi connectivity index (χ0n) is 6.67. The van der Waals surface area contributed by atoms with Gasteiger partial charge >= 0.3 is 6.18 Å². The maximum atomic E-state index is 12.4. The van der Waals surface area contributed by atoms with Crippen LogP contribution in [0, 0.1) is 0 Å². The second-order valence-electron chi connectivity index (χ2n) is 2.60. The third-order valence-corrected chi connectivity index (χ3v) is 1.46. The van der Waals surface area contributed by atoms with Crippen LogP contribution in [-0.2, 0) is 0 Å². The minimum absolute atomic E-state index is 0.275. The summed E-state index contributed by atoms with van der Waals surface area (Å²) in [7, 11) is 0. The first kappa shape index (κ1) is 11.6. The van der Waals surface area contributed by atoms with Gasteiger partial charge in [0, 0.05) is 0 Å². The van der Waals surface area contributed by atoms with E-state index in [9.17, 15) is 22.0 Å². The summed E-state index contributed by atoms with van der Waals surface area (Å²) in [6.07, 6.45) is -10.3. The van der Waals surface area contributed by atoms with Gasteiger partial charge in [0.2, 0.25) is 6.17 Å². The first-order valence-corrected chi connectivity index (χ1v) is 3.74. The van der Waals surface area contributed by atoms with E-state index in [1.165, 1.54) is 0 Å². The highest BCUT2D eigenvalue weighted by Gasteiger charge is 2.45. The Bertz CT molecular complexity index is 119. The van der Waals surface area contributed by atoms with Crippen molar-refractivity contribution in [3.8, 4) is 0 Å². The van der Waals surface area contributed by atoms with Gasteiger partial charge in [-0.2, -0.15) is 13.2 Å². The van der Waals surface area contributed by atoms with E-state index in [0.717, 1.165) is 0 Å². The molecule has 0 N–H and O–H groups in total. The Morgan fingerprint density at radius 2 is 1.67 bits per heavy atom. The molecule has 0 amide bonds. The van der Waals surface area contributed by atoms with Gasteiger partial charge < -0.3 is 0 Å². The summed E-state index contributed by atoms with van der Waals surface area (Å²) in [5, 5.41) is 0. The van der Waals surface area contributed by atoms with Gasteiger partial charge in [-0.3, -0.25) is 0 Å². The van der Waals surface area contributed by atoms with Crippen LogP contribution in [0.15, 0.2) is 0 Å². The molecule has 0 rings (SSSR count). The monoisotopic (exact) mass is 190 g/mol. The minimum atomic E-state index is -5.06. The molecule has 74 valence electrons. The van der Waals surface area contributed by atoms with E-state index in [-0.39, 0.29) is 12.8 Å².